The Bertz CT molecular complexity index is 534. The van der Waals surface area contributed by atoms with Crippen LogP contribution in [0.4, 0.5) is 0 Å². The van der Waals surface area contributed by atoms with Crippen molar-refractivity contribution in [2.24, 2.45) is 0 Å². The molecule has 126 valence electrons. The summed E-state index contributed by atoms with van der Waals surface area (Å²) in [6.45, 7) is 1.51. The van der Waals surface area contributed by atoms with Gasteiger partial charge >= 0.3 is 5.97 Å². The highest BCUT2D eigenvalue weighted by Crippen LogP contribution is 2.35. The Morgan fingerprint density at radius 2 is 2.00 bits per heavy atom. The minimum atomic E-state index is -1.07. The molecule has 7 nitrogen and oxygen atoms in total. The van der Waals surface area contributed by atoms with Crippen LogP contribution in [0.1, 0.15) is 18.8 Å². The van der Waals surface area contributed by atoms with Crippen LogP contribution >= 0.6 is 0 Å². The van der Waals surface area contributed by atoms with E-state index in [4.69, 9.17) is 23.7 Å². The van der Waals surface area contributed by atoms with Crippen molar-refractivity contribution in [3.63, 3.8) is 0 Å². The molecule has 1 aromatic rings. The second-order valence-electron chi connectivity index (χ2n) is 5.52. The number of carbonyl (C=O) groups excluding carboxylic acids is 1. The molecule has 0 saturated carbocycles. The van der Waals surface area contributed by atoms with Gasteiger partial charge in [-0.05, 0) is 0 Å². The Hall–Kier alpha value is -1.51. The molecule has 3 rings (SSSR count). The summed E-state index contributed by atoms with van der Waals surface area (Å²) in [5.74, 6) is -0.523. The number of ether oxygens (including phenoxy) is 5. The fourth-order valence-corrected chi connectivity index (χ4v) is 2.85. The largest absolute Gasteiger partial charge is 0.454 e. The van der Waals surface area contributed by atoms with Crippen molar-refractivity contribution >= 4 is 5.97 Å². The Balaban J connectivity index is 1.76. The van der Waals surface area contributed by atoms with Crippen molar-refractivity contribution in [3.05, 3.63) is 35.9 Å². The van der Waals surface area contributed by atoms with Crippen molar-refractivity contribution in [2.45, 2.75) is 43.9 Å². The van der Waals surface area contributed by atoms with E-state index < -0.39 is 43.0 Å². The van der Waals surface area contributed by atoms with E-state index in [0.29, 0.717) is 0 Å². The predicted molar refractivity (Wildman–Crippen MR) is 77.2 cm³/mol. The third-order valence-corrected chi connectivity index (χ3v) is 3.92. The van der Waals surface area contributed by atoms with Crippen LogP contribution in [0.5, 0.6) is 0 Å². The number of benzene rings is 1. The van der Waals surface area contributed by atoms with Gasteiger partial charge < -0.3 is 28.8 Å². The van der Waals surface area contributed by atoms with Crippen molar-refractivity contribution in [2.75, 3.05) is 13.7 Å². The Morgan fingerprint density at radius 1 is 1.26 bits per heavy atom. The Morgan fingerprint density at radius 3 is 2.65 bits per heavy atom. The number of hydrogen-bond donors (Lipinski definition) is 1. The van der Waals surface area contributed by atoms with Crippen LogP contribution in [0.25, 0.3) is 0 Å². The van der Waals surface area contributed by atoms with Crippen molar-refractivity contribution in [1.82, 2.24) is 0 Å². The van der Waals surface area contributed by atoms with Gasteiger partial charge in [-0.15, -0.1) is 0 Å². The van der Waals surface area contributed by atoms with Crippen LogP contribution in [0, 0.1) is 0 Å². The zero-order valence-corrected chi connectivity index (χ0v) is 13.0. The number of carbonyl (C=O) groups is 1. The molecule has 0 aromatic heterocycles. The van der Waals surface area contributed by atoms with Crippen LogP contribution in [-0.2, 0) is 28.5 Å². The third-order valence-electron chi connectivity index (χ3n) is 3.92. The molecule has 0 bridgehead atoms. The minimum Gasteiger partial charge on any atom is -0.454 e. The molecule has 0 radical (unpaired) electrons. The summed E-state index contributed by atoms with van der Waals surface area (Å²) >= 11 is 0. The molecule has 23 heavy (non-hydrogen) atoms. The predicted octanol–water partition coefficient (Wildman–Crippen LogP) is 0.764. The highest BCUT2D eigenvalue weighted by atomic mass is 16.8. The van der Waals surface area contributed by atoms with Crippen LogP contribution in [0.3, 0.4) is 0 Å². The summed E-state index contributed by atoms with van der Waals surface area (Å²) in [7, 11) is 1.42. The number of aliphatic hydroxyl groups excluding tert-OH is 1. The molecule has 2 aliphatic rings. The average molecular weight is 324 g/mol. The molecule has 1 aromatic carbocycles. The lowest BCUT2D eigenvalue weighted by Gasteiger charge is -2.46. The van der Waals surface area contributed by atoms with E-state index in [1.165, 1.54) is 14.0 Å². The molecule has 6 atom stereocenters. The molecule has 2 aliphatic heterocycles. The summed E-state index contributed by atoms with van der Waals surface area (Å²) in [6, 6.07) is 9.41. The van der Waals surface area contributed by atoms with Gasteiger partial charge in [0.15, 0.2) is 18.7 Å². The van der Waals surface area contributed by atoms with Crippen LogP contribution in [0.2, 0.25) is 0 Å². The molecule has 7 heteroatoms. The van der Waals surface area contributed by atoms with Gasteiger partial charge in [-0.1, -0.05) is 30.3 Å². The van der Waals surface area contributed by atoms with Gasteiger partial charge in [0, 0.05) is 19.6 Å². The molecule has 2 heterocycles. The van der Waals surface area contributed by atoms with E-state index in [2.05, 4.69) is 0 Å². The normalized spacial score (nSPS) is 37.0. The highest BCUT2D eigenvalue weighted by molar-refractivity contribution is 5.66. The second kappa shape index (κ2) is 6.94. The van der Waals surface area contributed by atoms with Crippen LogP contribution in [-0.4, -0.2) is 55.5 Å². The second-order valence-corrected chi connectivity index (χ2v) is 5.52. The first-order valence-corrected chi connectivity index (χ1v) is 7.45. The van der Waals surface area contributed by atoms with E-state index in [-0.39, 0.29) is 6.61 Å². The summed E-state index contributed by atoms with van der Waals surface area (Å²) in [4.78, 5) is 11.3. The number of aliphatic hydroxyl groups is 1. The van der Waals surface area contributed by atoms with Gasteiger partial charge in [0.1, 0.15) is 18.3 Å². The number of methoxy groups -OCH3 is 1. The van der Waals surface area contributed by atoms with E-state index in [9.17, 15) is 9.90 Å². The first-order chi connectivity index (χ1) is 11.1. The topological polar surface area (TPSA) is 83.5 Å². The molecular formula is C16H20O7. The van der Waals surface area contributed by atoms with Gasteiger partial charge in [-0.3, -0.25) is 4.79 Å². The molecular weight excluding hydrogens is 304 g/mol. The maximum Gasteiger partial charge on any atom is 0.303 e. The summed E-state index contributed by atoms with van der Waals surface area (Å²) < 4.78 is 27.5. The first-order valence-electron chi connectivity index (χ1n) is 7.45. The summed E-state index contributed by atoms with van der Waals surface area (Å²) in [6.07, 6.45) is -4.67. The number of fused-ring (bicyclic) bond motifs is 1. The maximum atomic E-state index is 11.3. The number of hydrogen-bond acceptors (Lipinski definition) is 7. The lowest BCUT2D eigenvalue weighted by Crippen LogP contribution is -2.63. The molecule has 0 spiro atoms. The summed E-state index contributed by atoms with van der Waals surface area (Å²) in [5, 5.41) is 10.6. The SMILES string of the molecule is CO[C@H]1O[C@@H]2COC(c3ccccc3)O[C@H]2[C@H](O)[C@H]1OC(C)=O. The quantitative estimate of drug-likeness (QED) is 0.822. The van der Waals surface area contributed by atoms with E-state index >= 15 is 0 Å². The highest BCUT2D eigenvalue weighted by Gasteiger charge is 2.51. The van der Waals surface area contributed by atoms with Crippen molar-refractivity contribution in [1.29, 1.82) is 0 Å². The lowest BCUT2D eigenvalue weighted by molar-refractivity contribution is -0.358. The van der Waals surface area contributed by atoms with Gasteiger partial charge in [-0.25, -0.2) is 0 Å². The van der Waals surface area contributed by atoms with Gasteiger partial charge in [0.2, 0.25) is 0 Å². The first kappa shape index (κ1) is 16.4. The smallest absolute Gasteiger partial charge is 0.303 e. The molecule has 2 fully saturated rings. The zero-order valence-electron chi connectivity index (χ0n) is 13.0. The summed E-state index contributed by atoms with van der Waals surface area (Å²) in [5.41, 5.74) is 0.844. The lowest BCUT2D eigenvalue weighted by atomic mass is 9.97. The third kappa shape index (κ3) is 3.39. The zero-order chi connectivity index (χ0) is 16.4. The van der Waals surface area contributed by atoms with Gasteiger partial charge in [-0.2, -0.15) is 0 Å². The van der Waals surface area contributed by atoms with E-state index in [0.717, 1.165) is 5.56 Å². The molecule has 0 amide bonds. The fourth-order valence-electron chi connectivity index (χ4n) is 2.85. The Kier molecular flexibility index (Phi) is 4.93. The van der Waals surface area contributed by atoms with E-state index in [1.54, 1.807) is 0 Å². The molecule has 2 saturated heterocycles. The fraction of sp³-hybridized carbons (Fsp3) is 0.562. The standard InChI is InChI=1S/C16H20O7/c1-9(17)21-14-12(18)13-11(22-16(14)19-2)8-20-15(23-13)10-6-4-3-5-7-10/h3-7,11-16,18H,8H2,1-2H3/t11-,12+,13-,14-,15?,16+/m1/s1. The minimum absolute atomic E-state index is 0.244. The average Bonchev–Trinajstić information content (AvgIpc) is 2.57. The Labute approximate surface area is 134 Å². The van der Waals surface area contributed by atoms with E-state index in [1.807, 2.05) is 30.3 Å². The van der Waals surface area contributed by atoms with Crippen LogP contribution in [0.15, 0.2) is 30.3 Å². The maximum absolute atomic E-state index is 11.3. The number of rotatable bonds is 3. The molecule has 1 N–H and O–H groups in total. The van der Waals surface area contributed by atoms with Gasteiger partial charge in [0.25, 0.3) is 0 Å². The molecule has 0 aliphatic carbocycles. The number of esters is 1. The van der Waals surface area contributed by atoms with Crippen molar-refractivity contribution in [3.8, 4) is 0 Å². The van der Waals surface area contributed by atoms with Gasteiger partial charge in [0.05, 0.1) is 6.61 Å². The monoisotopic (exact) mass is 324 g/mol. The molecule has 1 unspecified atom stereocenters. The van der Waals surface area contributed by atoms with Crippen molar-refractivity contribution < 1.29 is 33.6 Å². The van der Waals surface area contributed by atoms with Crippen LogP contribution < -0.4 is 0 Å².